The highest BCUT2D eigenvalue weighted by Crippen LogP contribution is 2.31. The van der Waals surface area contributed by atoms with Crippen molar-refractivity contribution < 1.29 is 14.3 Å². The van der Waals surface area contributed by atoms with E-state index in [9.17, 15) is 4.79 Å². The Morgan fingerprint density at radius 3 is 2.72 bits per heavy atom. The predicted molar refractivity (Wildman–Crippen MR) is 126 cm³/mol. The van der Waals surface area contributed by atoms with Gasteiger partial charge in [0.05, 0.1) is 19.0 Å². The molecule has 0 saturated heterocycles. The van der Waals surface area contributed by atoms with Crippen LogP contribution in [0, 0.1) is 6.92 Å². The first-order valence-corrected chi connectivity index (χ1v) is 11.8. The van der Waals surface area contributed by atoms with E-state index in [1.54, 1.807) is 0 Å². The third-order valence-electron chi connectivity index (χ3n) is 5.06. The summed E-state index contributed by atoms with van der Waals surface area (Å²) in [4.78, 5) is 12.4. The molecule has 4 rings (SSSR count). The summed E-state index contributed by atoms with van der Waals surface area (Å²) in [6.45, 7) is 7.52. The lowest BCUT2D eigenvalue weighted by atomic mass is 10.1. The number of hydrogen-bond acceptors (Lipinski definition) is 6. The molecular formula is C24H28N4O3S. The molecule has 0 spiro atoms. The molecule has 0 bridgehead atoms. The van der Waals surface area contributed by atoms with E-state index in [0.29, 0.717) is 19.6 Å². The maximum absolute atomic E-state index is 12.4. The Bertz CT molecular complexity index is 1100. The highest BCUT2D eigenvalue weighted by atomic mass is 32.2. The van der Waals surface area contributed by atoms with E-state index in [0.717, 1.165) is 45.7 Å². The molecule has 1 aromatic heterocycles. The average molecular weight is 453 g/mol. The summed E-state index contributed by atoms with van der Waals surface area (Å²) in [6.07, 6.45) is 1.50. The zero-order valence-corrected chi connectivity index (χ0v) is 19.4. The summed E-state index contributed by atoms with van der Waals surface area (Å²) in [6, 6.07) is 13.9. The largest absolute Gasteiger partial charge is 0.490 e. The van der Waals surface area contributed by atoms with Crippen LogP contribution in [0.25, 0.3) is 0 Å². The topological polar surface area (TPSA) is 78.3 Å². The van der Waals surface area contributed by atoms with Crippen molar-refractivity contribution in [3.63, 3.8) is 0 Å². The average Bonchev–Trinajstić information content (AvgIpc) is 3.00. The molecule has 0 unspecified atom stereocenters. The number of benzene rings is 2. The number of rotatable bonds is 7. The van der Waals surface area contributed by atoms with Gasteiger partial charge in [-0.15, -0.1) is 10.2 Å². The molecule has 0 radical (unpaired) electrons. The van der Waals surface area contributed by atoms with Crippen molar-refractivity contribution in [2.75, 3.05) is 24.3 Å². The van der Waals surface area contributed by atoms with Crippen LogP contribution in [0.2, 0.25) is 0 Å². The van der Waals surface area contributed by atoms with Gasteiger partial charge in [-0.25, -0.2) is 0 Å². The number of carbonyl (C=O) groups is 1. The molecule has 3 aromatic rings. The number of aromatic nitrogens is 3. The molecule has 1 aliphatic heterocycles. The van der Waals surface area contributed by atoms with Crippen molar-refractivity contribution in [2.45, 2.75) is 44.8 Å². The maximum Gasteiger partial charge on any atom is 0.234 e. The third kappa shape index (κ3) is 5.43. The molecule has 2 aromatic carbocycles. The minimum atomic E-state index is -0.0663. The van der Waals surface area contributed by atoms with Crippen molar-refractivity contribution in [3.05, 3.63) is 59.4 Å². The number of thioether (sulfide) groups is 1. The van der Waals surface area contributed by atoms with Crippen LogP contribution >= 0.6 is 11.8 Å². The van der Waals surface area contributed by atoms with Crippen LogP contribution in [0.5, 0.6) is 11.5 Å². The number of aryl methyl sites for hydroxylation is 1. The van der Waals surface area contributed by atoms with Crippen LogP contribution in [-0.4, -0.2) is 39.6 Å². The fourth-order valence-corrected chi connectivity index (χ4v) is 4.48. The number of ether oxygens (including phenoxy) is 2. The van der Waals surface area contributed by atoms with Crippen LogP contribution < -0.4 is 14.8 Å². The second-order valence-electron chi connectivity index (χ2n) is 8.08. The fourth-order valence-electron chi connectivity index (χ4n) is 3.60. The quantitative estimate of drug-likeness (QED) is 0.526. The first-order valence-electron chi connectivity index (χ1n) is 10.8. The van der Waals surface area contributed by atoms with Crippen LogP contribution in [0.15, 0.2) is 47.6 Å². The van der Waals surface area contributed by atoms with Crippen molar-refractivity contribution in [1.29, 1.82) is 0 Å². The van der Waals surface area contributed by atoms with E-state index in [2.05, 4.69) is 33.9 Å². The van der Waals surface area contributed by atoms with E-state index in [1.165, 1.54) is 11.8 Å². The van der Waals surface area contributed by atoms with Crippen LogP contribution in [0.3, 0.4) is 0 Å². The van der Waals surface area contributed by atoms with Crippen molar-refractivity contribution in [1.82, 2.24) is 14.8 Å². The number of carbonyl (C=O) groups excluding carboxylic acids is 1. The Morgan fingerprint density at radius 2 is 1.94 bits per heavy atom. The molecule has 2 heterocycles. The lowest BCUT2D eigenvalue weighted by molar-refractivity contribution is -0.113. The lowest BCUT2D eigenvalue weighted by Crippen LogP contribution is -2.15. The molecule has 32 heavy (non-hydrogen) atoms. The zero-order valence-electron chi connectivity index (χ0n) is 18.6. The third-order valence-corrected chi connectivity index (χ3v) is 6.00. The predicted octanol–water partition coefficient (Wildman–Crippen LogP) is 4.65. The highest BCUT2D eigenvalue weighted by molar-refractivity contribution is 7.99. The first kappa shape index (κ1) is 22.2. The van der Waals surface area contributed by atoms with E-state index < -0.39 is 0 Å². The van der Waals surface area contributed by atoms with Crippen LogP contribution in [0.4, 0.5) is 5.69 Å². The minimum Gasteiger partial charge on any atom is -0.490 e. The van der Waals surface area contributed by atoms with Gasteiger partial charge in [-0.3, -0.25) is 4.79 Å². The van der Waals surface area contributed by atoms with Gasteiger partial charge in [0.25, 0.3) is 0 Å². The molecule has 0 saturated carbocycles. The molecule has 1 N–H and O–H groups in total. The number of nitrogens with zero attached hydrogens (tertiary/aromatic N) is 3. The molecule has 7 nitrogen and oxygen atoms in total. The van der Waals surface area contributed by atoms with Gasteiger partial charge >= 0.3 is 0 Å². The van der Waals surface area contributed by atoms with Gasteiger partial charge in [0.15, 0.2) is 16.7 Å². The van der Waals surface area contributed by atoms with Crippen molar-refractivity contribution >= 4 is 23.4 Å². The Labute approximate surface area is 192 Å². The number of amides is 1. The molecule has 8 heteroatoms. The molecule has 0 fully saturated rings. The lowest BCUT2D eigenvalue weighted by Gasteiger charge is -2.14. The van der Waals surface area contributed by atoms with Gasteiger partial charge in [0.1, 0.15) is 5.82 Å². The summed E-state index contributed by atoms with van der Waals surface area (Å²) in [5.41, 5.74) is 2.99. The number of nitrogens with one attached hydrogen (secondary N) is 1. The summed E-state index contributed by atoms with van der Waals surface area (Å²) in [5, 5.41) is 12.5. The summed E-state index contributed by atoms with van der Waals surface area (Å²) >= 11 is 1.40. The standard InChI is InChI=1S/C24H28N4O3S/c1-16(2)28-22(14-18-8-9-20-21(13-18)31-11-5-10-30-20)26-27-24(28)32-15-23(29)25-19-7-4-6-17(3)12-19/h4,6-9,12-13,16H,5,10-11,14-15H2,1-3H3,(H,25,29). The van der Waals surface area contributed by atoms with Gasteiger partial charge < -0.3 is 19.4 Å². The molecule has 1 amide bonds. The van der Waals surface area contributed by atoms with E-state index in [1.807, 2.05) is 49.4 Å². The summed E-state index contributed by atoms with van der Waals surface area (Å²) in [5.74, 6) is 2.62. The van der Waals surface area contributed by atoms with Gasteiger partial charge in [0, 0.05) is 24.6 Å². The molecule has 168 valence electrons. The van der Waals surface area contributed by atoms with E-state index >= 15 is 0 Å². The molecule has 0 atom stereocenters. The second kappa shape index (κ2) is 10.1. The van der Waals surface area contributed by atoms with Gasteiger partial charge in [0.2, 0.25) is 5.91 Å². The van der Waals surface area contributed by atoms with Gasteiger partial charge in [-0.2, -0.15) is 0 Å². The van der Waals surface area contributed by atoms with Crippen LogP contribution in [-0.2, 0) is 11.2 Å². The number of hydrogen-bond donors (Lipinski definition) is 1. The minimum absolute atomic E-state index is 0.0663. The Balaban J connectivity index is 1.44. The monoisotopic (exact) mass is 452 g/mol. The molecular weight excluding hydrogens is 424 g/mol. The number of fused-ring (bicyclic) bond motifs is 1. The van der Waals surface area contributed by atoms with Gasteiger partial charge in [-0.1, -0.05) is 30.0 Å². The van der Waals surface area contributed by atoms with Crippen molar-refractivity contribution in [3.8, 4) is 11.5 Å². The Hall–Kier alpha value is -3.00. The smallest absolute Gasteiger partial charge is 0.234 e. The molecule has 1 aliphatic rings. The van der Waals surface area contributed by atoms with Gasteiger partial charge in [-0.05, 0) is 56.2 Å². The maximum atomic E-state index is 12.4. The summed E-state index contributed by atoms with van der Waals surface area (Å²) in [7, 11) is 0. The SMILES string of the molecule is Cc1cccc(NC(=O)CSc2nnc(Cc3ccc4c(c3)OCCCO4)n2C(C)C)c1. The number of anilines is 1. The zero-order chi connectivity index (χ0) is 22.5. The molecule has 0 aliphatic carbocycles. The van der Waals surface area contributed by atoms with Crippen molar-refractivity contribution in [2.24, 2.45) is 0 Å². The fraction of sp³-hybridized carbons (Fsp3) is 0.375. The summed E-state index contributed by atoms with van der Waals surface area (Å²) < 4.78 is 13.6. The Kier molecular flexibility index (Phi) is 6.99. The van der Waals surface area contributed by atoms with E-state index in [-0.39, 0.29) is 17.7 Å². The normalized spacial score (nSPS) is 13.1. The van der Waals surface area contributed by atoms with Crippen LogP contribution in [0.1, 0.15) is 43.3 Å². The second-order valence-corrected chi connectivity index (χ2v) is 9.02. The Morgan fingerprint density at radius 1 is 1.12 bits per heavy atom. The van der Waals surface area contributed by atoms with E-state index in [4.69, 9.17) is 9.47 Å². The highest BCUT2D eigenvalue weighted by Gasteiger charge is 2.18. The first-order chi connectivity index (χ1) is 15.5.